The first-order chi connectivity index (χ1) is 18.8. The number of aliphatic carboxylic acids is 1. The van der Waals surface area contributed by atoms with Gasteiger partial charge in [0.15, 0.2) is 17.9 Å². The molecule has 0 heterocycles. The van der Waals surface area contributed by atoms with Crippen molar-refractivity contribution in [2.45, 2.75) is 62.7 Å². The maximum absolute atomic E-state index is 13.0. The molecular weight excluding hydrogens is 530 g/mol. The molecule has 0 aliphatic carbocycles. The van der Waals surface area contributed by atoms with Crippen molar-refractivity contribution in [3.63, 3.8) is 0 Å². The van der Waals surface area contributed by atoms with Crippen molar-refractivity contribution in [1.82, 2.24) is 31.9 Å². The van der Waals surface area contributed by atoms with Crippen LogP contribution < -0.4 is 54.8 Å². The van der Waals surface area contributed by atoms with Crippen LogP contribution in [0.2, 0.25) is 0 Å². The van der Waals surface area contributed by atoms with Crippen LogP contribution in [-0.4, -0.2) is 102 Å². The number of amides is 3. The molecule has 0 saturated carbocycles. The molecule has 0 saturated heterocycles. The lowest BCUT2D eigenvalue weighted by molar-refractivity contribution is -0.142. The number of carbonyl (C=O) groups excluding carboxylic acids is 3. The number of nitrogens with two attached hydrogens (primary N) is 4. The van der Waals surface area contributed by atoms with Crippen molar-refractivity contribution in [3.05, 3.63) is 0 Å². The smallest absolute Gasteiger partial charge is 0.326 e. The van der Waals surface area contributed by atoms with Crippen LogP contribution >= 0.6 is 0 Å². The summed E-state index contributed by atoms with van der Waals surface area (Å²) >= 11 is 0. The van der Waals surface area contributed by atoms with Crippen LogP contribution in [0.25, 0.3) is 0 Å². The van der Waals surface area contributed by atoms with Gasteiger partial charge in [-0.15, -0.1) is 0 Å². The van der Waals surface area contributed by atoms with Crippen LogP contribution in [0, 0.1) is 16.2 Å². The lowest BCUT2D eigenvalue weighted by Crippen LogP contribution is -2.58. The summed E-state index contributed by atoms with van der Waals surface area (Å²) in [4.78, 5) is 49.8. The van der Waals surface area contributed by atoms with Gasteiger partial charge < -0.3 is 65.0 Å². The fraction of sp³-hybridized carbons (Fsp3) is 0.667. The number of carboxylic acid groups (broad SMARTS) is 1. The number of rotatable bonds is 20. The van der Waals surface area contributed by atoms with E-state index < -0.39 is 54.5 Å². The summed E-state index contributed by atoms with van der Waals surface area (Å²) in [7, 11) is 0. The summed E-state index contributed by atoms with van der Waals surface area (Å²) in [5.74, 6) is -4.57. The molecule has 0 aromatic carbocycles. The topological polar surface area (TPSA) is 357 Å². The first-order valence-corrected chi connectivity index (χ1v) is 12.5. The summed E-state index contributed by atoms with van der Waals surface area (Å²) in [6.07, 6.45) is 1.19. The molecule has 0 rings (SSSR count). The predicted molar refractivity (Wildman–Crippen MR) is 146 cm³/mol. The molecule has 0 aliphatic heterocycles. The van der Waals surface area contributed by atoms with Crippen molar-refractivity contribution >= 4 is 41.6 Å². The second-order valence-electron chi connectivity index (χ2n) is 8.76. The SMILES string of the molecule is N=C(N)NCCC[C@H](NC(=O)[C@H](CO)NC(=O)[C@H](CCCNC(=N)N)NC(=O)[C@@H](N)CCCNC(=N)N)C(=O)O. The molecule has 3 amide bonds. The van der Waals surface area contributed by atoms with E-state index in [1.807, 2.05) is 0 Å². The van der Waals surface area contributed by atoms with E-state index in [-0.39, 0.29) is 63.1 Å². The Bertz CT molecular complexity index is 887. The molecule has 4 atom stereocenters. The van der Waals surface area contributed by atoms with E-state index >= 15 is 0 Å². The molecule has 0 aromatic heterocycles. The Morgan fingerprint density at radius 2 is 1.00 bits per heavy atom. The zero-order valence-electron chi connectivity index (χ0n) is 22.2. The predicted octanol–water partition coefficient (Wildman–Crippen LogP) is -5.37. The highest BCUT2D eigenvalue weighted by atomic mass is 16.4. The Morgan fingerprint density at radius 1 is 0.625 bits per heavy atom. The van der Waals surface area contributed by atoms with E-state index in [9.17, 15) is 29.4 Å². The van der Waals surface area contributed by atoms with Gasteiger partial charge in [-0.25, -0.2) is 4.79 Å². The molecule has 0 radical (unpaired) electrons. The Hall–Kier alpha value is -4.39. The van der Waals surface area contributed by atoms with Gasteiger partial charge in [-0.2, -0.15) is 0 Å². The van der Waals surface area contributed by atoms with Crippen LogP contribution in [0.15, 0.2) is 0 Å². The minimum Gasteiger partial charge on any atom is -0.480 e. The zero-order valence-corrected chi connectivity index (χ0v) is 22.2. The standard InChI is InChI=1S/C21H43N13O6/c22-11(4-1-7-29-19(23)24)15(36)32-12(5-2-8-30-20(25)26)16(37)34-14(10-35)17(38)33-13(18(39)40)6-3-9-31-21(27)28/h11-14,35H,1-10,22H2,(H,32,36)(H,33,38)(H,34,37)(H,39,40)(H4,23,24,29)(H4,25,26,30)(H4,27,28,31)/t11-,12-,13-,14-/m0/s1. The number of hydrogen-bond donors (Lipinski definition) is 15. The lowest BCUT2D eigenvalue weighted by Gasteiger charge is -2.24. The van der Waals surface area contributed by atoms with E-state index in [0.717, 1.165) is 0 Å². The molecule has 0 bridgehead atoms. The number of carboxylic acids is 1. The molecule has 19 heteroatoms. The van der Waals surface area contributed by atoms with Gasteiger partial charge in [0.2, 0.25) is 17.7 Å². The van der Waals surface area contributed by atoms with Crippen molar-refractivity contribution in [3.8, 4) is 0 Å². The average molecular weight is 574 g/mol. The van der Waals surface area contributed by atoms with Gasteiger partial charge in [-0.1, -0.05) is 0 Å². The molecule has 0 fully saturated rings. The van der Waals surface area contributed by atoms with Crippen LogP contribution in [0.3, 0.4) is 0 Å². The Kier molecular flexibility index (Phi) is 17.5. The molecule has 0 spiro atoms. The molecule has 19 nitrogen and oxygen atoms in total. The van der Waals surface area contributed by atoms with Crippen molar-refractivity contribution in [2.75, 3.05) is 26.2 Å². The van der Waals surface area contributed by atoms with Crippen LogP contribution in [0.1, 0.15) is 38.5 Å². The third-order valence-electron chi connectivity index (χ3n) is 5.38. The normalized spacial score (nSPS) is 13.4. The number of hydrogen-bond acceptors (Lipinski definition) is 9. The Balaban J connectivity index is 5.25. The van der Waals surface area contributed by atoms with Crippen molar-refractivity contribution < 1.29 is 29.4 Å². The van der Waals surface area contributed by atoms with Gasteiger partial charge in [0, 0.05) is 19.6 Å². The van der Waals surface area contributed by atoms with Crippen LogP contribution in [-0.2, 0) is 19.2 Å². The average Bonchev–Trinajstić information content (AvgIpc) is 2.87. The molecule has 19 N–H and O–H groups in total. The first-order valence-electron chi connectivity index (χ1n) is 12.5. The largest absolute Gasteiger partial charge is 0.480 e. The second-order valence-corrected chi connectivity index (χ2v) is 8.76. The summed E-state index contributed by atoms with van der Waals surface area (Å²) in [6.45, 7) is -0.134. The van der Waals surface area contributed by atoms with E-state index in [2.05, 4.69) is 31.9 Å². The number of guanidine groups is 3. The highest BCUT2D eigenvalue weighted by Gasteiger charge is 2.29. The van der Waals surface area contributed by atoms with Crippen molar-refractivity contribution in [2.24, 2.45) is 22.9 Å². The van der Waals surface area contributed by atoms with Gasteiger partial charge >= 0.3 is 5.97 Å². The zero-order chi connectivity index (χ0) is 30.7. The Labute approximate surface area is 231 Å². The van der Waals surface area contributed by atoms with E-state index in [0.29, 0.717) is 13.0 Å². The highest BCUT2D eigenvalue weighted by Crippen LogP contribution is 2.03. The fourth-order valence-electron chi connectivity index (χ4n) is 3.28. The van der Waals surface area contributed by atoms with Gasteiger partial charge in [0.1, 0.15) is 18.1 Å². The number of aliphatic hydroxyl groups excluding tert-OH is 1. The lowest BCUT2D eigenvalue weighted by atomic mass is 10.1. The fourth-order valence-corrected chi connectivity index (χ4v) is 3.28. The number of nitrogens with one attached hydrogen (secondary N) is 9. The molecule has 40 heavy (non-hydrogen) atoms. The summed E-state index contributed by atoms with van der Waals surface area (Å²) in [5, 5.41) is 55.3. The number of carbonyl (C=O) groups is 4. The van der Waals surface area contributed by atoms with Crippen LogP contribution in [0.4, 0.5) is 0 Å². The van der Waals surface area contributed by atoms with Gasteiger partial charge in [-0.3, -0.25) is 30.6 Å². The molecule has 0 unspecified atom stereocenters. The Morgan fingerprint density at radius 3 is 1.43 bits per heavy atom. The van der Waals surface area contributed by atoms with E-state index in [4.69, 9.17) is 39.2 Å². The van der Waals surface area contributed by atoms with Gasteiger partial charge in [0.05, 0.1) is 12.6 Å². The first kappa shape index (κ1) is 35.6. The number of aliphatic hydroxyl groups is 1. The maximum Gasteiger partial charge on any atom is 0.326 e. The third kappa shape index (κ3) is 16.5. The minimum atomic E-state index is -1.52. The summed E-state index contributed by atoms with van der Waals surface area (Å²) < 4.78 is 0. The summed E-state index contributed by atoms with van der Waals surface area (Å²) in [6, 6.07) is -5.04. The van der Waals surface area contributed by atoms with Crippen molar-refractivity contribution in [1.29, 1.82) is 16.2 Å². The summed E-state index contributed by atoms with van der Waals surface area (Å²) in [5.41, 5.74) is 21.5. The highest BCUT2D eigenvalue weighted by molar-refractivity contribution is 5.94. The molecule has 228 valence electrons. The van der Waals surface area contributed by atoms with E-state index in [1.165, 1.54) is 0 Å². The second kappa shape index (κ2) is 19.6. The van der Waals surface area contributed by atoms with Gasteiger partial charge in [-0.05, 0) is 38.5 Å². The monoisotopic (exact) mass is 573 g/mol. The molecule has 0 aromatic rings. The third-order valence-corrected chi connectivity index (χ3v) is 5.38. The molecule has 0 aliphatic rings. The minimum absolute atomic E-state index is 0.0187. The van der Waals surface area contributed by atoms with E-state index in [1.54, 1.807) is 0 Å². The quantitative estimate of drug-likeness (QED) is 0.0367. The van der Waals surface area contributed by atoms with Gasteiger partial charge in [0.25, 0.3) is 0 Å². The van der Waals surface area contributed by atoms with Crippen LogP contribution in [0.5, 0.6) is 0 Å². The maximum atomic E-state index is 13.0. The molecular formula is C21H43N13O6.